The molecule has 0 saturated heterocycles. The summed E-state index contributed by atoms with van der Waals surface area (Å²) in [6, 6.07) is 11.6. The summed E-state index contributed by atoms with van der Waals surface area (Å²) < 4.78 is 7.59. The summed E-state index contributed by atoms with van der Waals surface area (Å²) in [6.07, 6.45) is 5.95. The number of benzene rings is 1. The van der Waals surface area contributed by atoms with Crippen LogP contribution in [0.4, 0.5) is 5.69 Å². The Hall–Kier alpha value is -2.19. The van der Waals surface area contributed by atoms with E-state index in [1.54, 1.807) is 18.0 Å². The van der Waals surface area contributed by atoms with Crippen LogP contribution in [0.3, 0.4) is 0 Å². The summed E-state index contributed by atoms with van der Waals surface area (Å²) in [6.45, 7) is 2.47. The molecule has 1 aliphatic carbocycles. The maximum atomic E-state index is 12.7. The number of carbonyl (C=O) groups is 1. The van der Waals surface area contributed by atoms with Gasteiger partial charge in [-0.15, -0.1) is 22.0 Å². The normalized spacial score (nSPS) is 14.8. The van der Waals surface area contributed by atoms with Crippen molar-refractivity contribution in [2.75, 3.05) is 11.6 Å². The van der Waals surface area contributed by atoms with Crippen molar-refractivity contribution >= 4 is 35.1 Å². The molecular weight excluding hydrogens is 392 g/mol. The Morgan fingerprint density at radius 3 is 2.82 bits per heavy atom. The van der Waals surface area contributed by atoms with E-state index < -0.39 is 0 Å². The largest absolute Gasteiger partial charge is 0.467 e. The van der Waals surface area contributed by atoms with Crippen LogP contribution in [0.25, 0.3) is 0 Å². The molecular formula is C20H22N4O2S2. The molecule has 4 rings (SSSR count). The number of rotatable bonds is 8. The quantitative estimate of drug-likeness (QED) is 0.542. The predicted molar refractivity (Wildman–Crippen MR) is 112 cm³/mol. The van der Waals surface area contributed by atoms with Gasteiger partial charge in [-0.05, 0) is 50.3 Å². The fourth-order valence-corrected chi connectivity index (χ4v) is 4.34. The summed E-state index contributed by atoms with van der Waals surface area (Å²) in [5, 5.41) is 12.2. The third-order valence-electron chi connectivity index (χ3n) is 4.60. The SMILES string of the molecule is CSc1ccccc1NC(=O)C(C)Sc1nnc(C2CC2)n1Cc1ccco1. The minimum atomic E-state index is -0.304. The van der Waals surface area contributed by atoms with Gasteiger partial charge in [-0.2, -0.15) is 0 Å². The van der Waals surface area contributed by atoms with E-state index in [9.17, 15) is 4.79 Å². The maximum absolute atomic E-state index is 12.7. The van der Waals surface area contributed by atoms with E-state index in [0.29, 0.717) is 12.5 Å². The first-order valence-corrected chi connectivity index (χ1v) is 11.3. The molecule has 6 nitrogen and oxygen atoms in total. The van der Waals surface area contributed by atoms with Crippen LogP contribution in [0.1, 0.15) is 37.3 Å². The van der Waals surface area contributed by atoms with Crippen LogP contribution < -0.4 is 5.32 Å². The van der Waals surface area contributed by atoms with Gasteiger partial charge in [0.25, 0.3) is 0 Å². The average molecular weight is 415 g/mol. The molecule has 0 aliphatic heterocycles. The lowest BCUT2D eigenvalue weighted by molar-refractivity contribution is -0.115. The molecule has 1 aromatic carbocycles. The summed E-state index contributed by atoms with van der Waals surface area (Å²) in [5.74, 6) is 2.26. The number of nitrogens with one attached hydrogen (secondary N) is 1. The second kappa shape index (κ2) is 8.45. The minimum absolute atomic E-state index is 0.0491. The number of hydrogen-bond donors (Lipinski definition) is 1. The van der Waals surface area contributed by atoms with Crippen molar-refractivity contribution in [3.8, 4) is 0 Å². The Kier molecular flexibility index (Phi) is 5.77. The number of nitrogens with zero attached hydrogens (tertiary/aromatic N) is 3. The Bertz CT molecular complexity index is 951. The van der Waals surface area contributed by atoms with Gasteiger partial charge in [-0.3, -0.25) is 9.36 Å². The second-order valence-electron chi connectivity index (χ2n) is 6.73. The number of furan rings is 1. The van der Waals surface area contributed by atoms with Crippen LogP contribution in [0.5, 0.6) is 0 Å². The summed E-state index contributed by atoms with van der Waals surface area (Å²) >= 11 is 3.04. The van der Waals surface area contributed by atoms with E-state index in [4.69, 9.17) is 4.42 Å². The molecule has 0 radical (unpaired) electrons. The molecule has 1 unspecified atom stereocenters. The minimum Gasteiger partial charge on any atom is -0.467 e. The van der Waals surface area contributed by atoms with Crippen molar-refractivity contribution in [1.82, 2.24) is 14.8 Å². The summed E-state index contributed by atoms with van der Waals surface area (Å²) in [7, 11) is 0. The van der Waals surface area contributed by atoms with Crippen LogP contribution in [-0.4, -0.2) is 32.2 Å². The molecule has 28 heavy (non-hydrogen) atoms. The van der Waals surface area contributed by atoms with Crippen LogP contribution in [0.15, 0.2) is 57.1 Å². The number of anilines is 1. The monoisotopic (exact) mass is 414 g/mol. The molecule has 1 amide bonds. The van der Waals surface area contributed by atoms with Gasteiger partial charge in [-0.1, -0.05) is 23.9 Å². The zero-order valence-electron chi connectivity index (χ0n) is 15.8. The van der Waals surface area contributed by atoms with Crippen LogP contribution >= 0.6 is 23.5 Å². The fraction of sp³-hybridized carbons (Fsp3) is 0.350. The molecule has 0 bridgehead atoms. The molecule has 1 saturated carbocycles. The van der Waals surface area contributed by atoms with Gasteiger partial charge in [0.15, 0.2) is 5.16 Å². The van der Waals surface area contributed by atoms with Gasteiger partial charge >= 0.3 is 0 Å². The van der Waals surface area contributed by atoms with Crippen molar-refractivity contribution in [2.45, 2.75) is 47.5 Å². The van der Waals surface area contributed by atoms with Crippen molar-refractivity contribution in [2.24, 2.45) is 0 Å². The highest BCUT2D eigenvalue weighted by Crippen LogP contribution is 2.40. The third kappa shape index (κ3) is 4.28. The van der Waals surface area contributed by atoms with Gasteiger partial charge in [0.05, 0.1) is 23.7 Å². The molecule has 2 aromatic heterocycles. The number of hydrogen-bond acceptors (Lipinski definition) is 6. The zero-order valence-corrected chi connectivity index (χ0v) is 17.4. The van der Waals surface area contributed by atoms with E-state index in [1.807, 2.05) is 49.6 Å². The first-order chi connectivity index (χ1) is 13.7. The van der Waals surface area contributed by atoms with Gasteiger partial charge in [0.2, 0.25) is 5.91 Å². The molecule has 1 aliphatic rings. The highest BCUT2D eigenvalue weighted by molar-refractivity contribution is 8.00. The van der Waals surface area contributed by atoms with Crippen molar-refractivity contribution in [3.05, 3.63) is 54.2 Å². The smallest absolute Gasteiger partial charge is 0.237 e. The molecule has 1 fully saturated rings. The Morgan fingerprint density at radius 2 is 2.11 bits per heavy atom. The Morgan fingerprint density at radius 1 is 1.29 bits per heavy atom. The van der Waals surface area contributed by atoms with Crippen molar-refractivity contribution < 1.29 is 9.21 Å². The molecule has 8 heteroatoms. The van der Waals surface area contributed by atoms with E-state index in [-0.39, 0.29) is 11.2 Å². The van der Waals surface area contributed by atoms with Gasteiger partial charge in [0.1, 0.15) is 11.6 Å². The molecule has 1 atom stereocenters. The van der Waals surface area contributed by atoms with E-state index in [2.05, 4.69) is 20.1 Å². The van der Waals surface area contributed by atoms with Crippen LogP contribution in [-0.2, 0) is 11.3 Å². The molecule has 3 aromatic rings. The third-order valence-corrected chi connectivity index (χ3v) is 6.47. The van der Waals surface area contributed by atoms with Gasteiger partial charge in [0, 0.05) is 10.8 Å². The standard InChI is InChI=1S/C20H22N4O2S2/c1-13(19(25)21-16-7-3-4-8-17(16)27-2)28-20-23-22-18(14-9-10-14)24(20)12-15-6-5-11-26-15/h3-8,11,13-14H,9-10,12H2,1-2H3,(H,21,25). The molecule has 2 heterocycles. The fourth-order valence-electron chi connectivity index (χ4n) is 2.93. The van der Waals surface area contributed by atoms with E-state index in [0.717, 1.165) is 40.2 Å². The lowest BCUT2D eigenvalue weighted by Crippen LogP contribution is -2.23. The van der Waals surface area contributed by atoms with E-state index >= 15 is 0 Å². The van der Waals surface area contributed by atoms with Gasteiger partial charge < -0.3 is 9.73 Å². The average Bonchev–Trinajstić information content (AvgIpc) is 3.28. The summed E-state index contributed by atoms with van der Waals surface area (Å²) in [5.41, 5.74) is 0.836. The lowest BCUT2D eigenvalue weighted by atomic mass is 10.3. The Labute approximate surface area is 172 Å². The molecule has 146 valence electrons. The van der Waals surface area contributed by atoms with Crippen LogP contribution in [0.2, 0.25) is 0 Å². The topological polar surface area (TPSA) is 73.0 Å². The zero-order chi connectivity index (χ0) is 19.5. The molecule has 1 N–H and O–H groups in total. The number of carbonyl (C=O) groups excluding carboxylic acids is 1. The number of amides is 1. The van der Waals surface area contributed by atoms with Crippen molar-refractivity contribution in [1.29, 1.82) is 0 Å². The second-order valence-corrected chi connectivity index (χ2v) is 8.89. The van der Waals surface area contributed by atoms with Crippen molar-refractivity contribution in [3.63, 3.8) is 0 Å². The number of aromatic nitrogens is 3. The first kappa shape index (κ1) is 19.1. The summed E-state index contributed by atoms with van der Waals surface area (Å²) in [4.78, 5) is 13.8. The number of thioether (sulfide) groups is 2. The predicted octanol–water partition coefficient (Wildman–Crippen LogP) is 4.64. The number of para-hydroxylation sites is 1. The molecule has 0 spiro atoms. The van der Waals surface area contributed by atoms with Crippen LogP contribution in [0, 0.1) is 0 Å². The highest BCUT2D eigenvalue weighted by Gasteiger charge is 2.31. The lowest BCUT2D eigenvalue weighted by Gasteiger charge is -2.14. The maximum Gasteiger partial charge on any atom is 0.237 e. The highest BCUT2D eigenvalue weighted by atomic mass is 32.2. The van der Waals surface area contributed by atoms with Gasteiger partial charge in [-0.25, -0.2) is 0 Å². The Balaban J connectivity index is 1.49. The first-order valence-electron chi connectivity index (χ1n) is 9.21. The van der Waals surface area contributed by atoms with E-state index in [1.165, 1.54) is 11.8 Å².